The van der Waals surface area contributed by atoms with E-state index in [1.165, 1.54) is 25.6 Å². The summed E-state index contributed by atoms with van der Waals surface area (Å²) in [7, 11) is 0.358. The van der Waals surface area contributed by atoms with E-state index in [-0.39, 0.29) is 0 Å². The van der Waals surface area contributed by atoms with Crippen LogP contribution in [0.3, 0.4) is 0 Å². The van der Waals surface area contributed by atoms with Crippen LogP contribution in [0.25, 0.3) is 30.9 Å². The Kier molecular flexibility index (Phi) is 4.51. The molecule has 1 heterocycles. The Bertz CT molecular complexity index is 1160. The molecule has 0 spiro atoms. The van der Waals surface area contributed by atoms with Crippen molar-refractivity contribution in [2.24, 2.45) is 0 Å². The SMILES string of the molecule is CC(C)(O)C(C)(C)OBc1ccc2sc3cc4ccccc4cc3c2c1Cl. The molecule has 1 aromatic heterocycles. The van der Waals surface area contributed by atoms with Crippen molar-refractivity contribution < 1.29 is 9.76 Å². The first-order chi connectivity index (χ1) is 12.7. The Morgan fingerprint density at radius 3 is 2.30 bits per heavy atom. The van der Waals surface area contributed by atoms with Crippen molar-refractivity contribution in [3.05, 3.63) is 53.6 Å². The average Bonchev–Trinajstić information content (AvgIpc) is 2.96. The molecule has 0 atom stereocenters. The highest BCUT2D eigenvalue weighted by molar-refractivity contribution is 7.26. The summed E-state index contributed by atoms with van der Waals surface area (Å²) in [6.07, 6.45) is 0. The largest absolute Gasteiger partial charge is 0.427 e. The van der Waals surface area contributed by atoms with Gasteiger partial charge in [-0.15, -0.1) is 11.3 Å². The van der Waals surface area contributed by atoms with Gasteiger partial charge in [0.15, 0.2) is 0 Å². The van der Waals surface area contributed by atoms with E-state index in [9.17, 15) is 5.11 Å². The van der Waals surface area contributed by atoms with Crippen molar-refractivity contribution >= 4 is 66.8 Å². The van der Waals surface area contributed by atoms with Crippen molar-refractivity contribution in [2.45, 2.75) is 38.9 Å². The number of hydrogen-bond donors (Lipinski definition) is 1. The van der Waals surface area contributed by atoms with Crippen LogP contribution in [0.2, 0.25) is 5.02 Å². The first-order valence-electron chi connectivity index (χ1n) is 9.06. The van der Waals surface area contributed by atoms with Gasteiger partial charge in [0, 0.05) is 25.2 Å². The van der Waals surface area contributed by atoms with E-state index < -0.39 is 11.2 Å². The van der Waals surface area contributed by atoms with E-state index in [2.05, 4.69) is 42.5 Å². The lowest BCUT2D eigenvalue weighted by Crippen LogP contribution is -2.49. The molecule has 0 fully saturated rings. The lowest BCUT2D eigenvalue weighted by atomic mass is 9.82. The monoisotopic (exact) mass is 396 g/mol. The normalized spacial score (nSPS) is 13.0. The topological polar surface area (TPSA) is 29.5 Å². The molecular weight excluding hydrogens is 375 g/mol. The fraction of sp³-hybridized carbons (Fsp3) is 0.273. The lowest BCUT2D eigenvalue weighted by molar-refractivity contribution is -0.0893. The molecule has 138 valence electrons. The van der Waals surface area contributed by atoms with Gasteiger partial charge >= 0.3 is 7.48 Å². The molecule has 0 bridgehead atoms. The maximum absolute atomic E-state index is 10.3. The standard InChI is InChI=1S/C22H22BClO2S/c1-21(2,25)22(3,4)26-23-16-9-10-17-19(20(16)24)15-11-13-7-5-6-8-14(13)12-18(15)27-17/h5-12,23,25H,1-4H3. The Balaban J connectivity index is 1.81. The molecule has 3 aromatic carbocycles. The summed E-state index contributed by atoms with van der Waals surface area (Å²) in [6.45, 7) is 7.31. The number of aliphatic hydroxyl groups is 1. The number of hydrogen-bond acceptors (Lipinski definition) is 3. The molecule has 0 unspecified atom stereocenters. The van der Waals surface area contributed by atoms with Crippen LogP contribution in [0.5, 0.6) is 0 Å². The fourth-order valence-electron chi connectivity index (χ4n) is 3.10. The van der Waals surface area contributed by atoms with E-state index in [1.54, 1.807) is 25.2 Å². The summed E-state index contributed by atoms with van der Waals surface area (Å²) in [5, 5.41) is 15.8. The van der Waals surface area contributed by atoms with Crippen LogP contribution in [0.4, 0.5) is 0 Å². The quantitative estimate of drug-likeness (QED) is 0.468. The van der Waals surface area contributed by atoms with Crippen LogP contribution in [0.15, 0.2) is 48.5 Å². The summed E-state index contributed by atoms with van der Waals surface area (Å²) >= 11 is 8.58. The Hall–Kier alpha value is -1.59. The Morgan fingerprint density at radius 2 is 1.63 bits per heavy atom. The van der Waals surface area contributed by atoms with Crippen LogP contribution >= 0.6 is 22.9 Å². The third kappa shape index (κ3) is 3.25. The van der Waals surface area contributed by atoms with E-state index in [4.69, 9.17) is 16.3 Å². The maximum atomic E-state index is 10.3. The molecule has 0 radical (unpaired) electrons. The molecular formula is C22H22BClO2S. The molecule has 4 rings (SSSR count). The van der Waals surface area contributed by atoms with E-state index in [1.807, 2.05) is 19.9 Å². The second-order valence-corrected chi connectivity index (χ2v) is 9.53. The second kappa shape index (κ2) is 6.49. The molecule has 2 nitrogen and oxygen atoms in total. The van der Waals surface area contributed by atoms with Crippen molar-refractivity contribution in [3.63, 3.8) is 0 Å². The highest BCUT2D eigenvalue weighted by Gasteiger charge is 2.35. The minimum Gasteiger partial charge on any atom is -0.427 e. The number of rotatable bonds is 4. The van der Waals surface area contributed by atoms with Crippen LogP contribution in [0.1, 0.15) is 27.7 Å². The van der Waals surface area contributed by atoms with Gasteiger partial charge in [0.2, 0.25) is 0 Å². The first kappa shape index (κ1) is 18.8. The number of fused-ring (bicyclic) bond motifs is 4. The van der Waals surface area contributed by atoms with Crippen molar-refractivity contribution in [1.82, 2.24) is 0 Å². The smallest absolute Gasteiger partial charge is 0.310 e. The average molecular weight is 397 g/mol. The van der Waals surface area contributed by atoms with Gasteiger partial charge < -0.3 is 9.76 Å². The molecule has 0 aliphatic carbocycles. The molecule has 0 aliphatic rings. The minimum absolute atomic E-state index is 0.358. The molecule has 5 heteroatoms. The summed E-state index contributed by atoms with van der Waals surface area (Å²) in [4.78, 5) is 0. The third-order valence-electron chi connectivity index (χ3n) is 5.58. The summed E-state index contributed by atoms with van der Waals surface area (Å²) < 4.78 is 8.45. The Labute approximate surface area is 169 Å². The molecule has 4 aromatic rings. The summed E-state index contributed by atoms with van der Waals surface area (Å²) in [5.74, 6) is 0. The van der Waals surface area contributed by atoms with Gasteiger partial charge in [0.25, 0.3) is 0 Å². The van der Waals surface area contributed by atoms with Crippen LogP contribution in [-0.2, 0) is 4.65 Å². The van der Waals surface area contributed by atoms with Gasteiger partial charge in [0.05, 0.1) is 11.2 Å². The molecule has 0 saturated heterocycles. The molecule has 0 aliphatic heterocycles. The van der Waals surface area contributed by atoms with E-state index >= 15 is 0 Å². The maximum Gasteiger partial charge on any atom is 0.310 e. The zero-order chi connectivity index (χ0) is 19.4. The number of thiophene rings is 1. The van der Waals surface area contributed by atoms with Crippen molar-refractivity contribution in [1.29, 1.82) is 0 Å². The van der Waals surface area contributed by atoms with Crippen molar-refractivity contribution in [2.75, 3.05) is 0 Å². The second-order valence-electron chi connectivity index (χ2n) is 8.07. The molecule has 27 heavy (non-hydrogen) atoms. The predicted molar refractivity (Wildman–Crippen MR) is 120 cm³/mol. The highest BCUT2D eigenvalue weighted by atomic mass is 35.5. The zero-order valence-corrected chi connectivity index (χ0v) is 17.5. The minimum atomic E-state index is -0.947. The van der Waals surface area contributed by atoms with Gasteiger partial charge in [0.1, 0.15) is 0 Å². The predicted octanol–water partition coefficient (Wildman–Crippen LogP) is 5.40. The van der Waals surface area contributed by atoms with Gasteiger partial charge in [-0.2, -0.15) is 0 Å². The van der Waals surface area contributed by atoms with Gasteiger partial charge in [-0.1, -0.05) is 41.9 Å². The molecule has 1 N–H and O–H groups in total. The van der Waals surface area contributed by atoms with Crippen LogP contribution < -0.4 is 5.46 Å². The van der Waals surface area contributed by atoms with Gasteiger partial charge in [-0.3, -0.25) is 0 Å². The number of benzene rings is 3. The van der Waals surface area contributed by atoms with Crippen LogP contribution in [-0.4, -0.2) is 23.8 Å². The van der Waals surface area contributed by atoms with Crippen molar-refractivity contribution in [3.8, 4) is 0 Å². The number of halogens is 1. The van der Waals surface area contributed by atoms with Gasteiger partial charge in [-0.25, -0.2) is 0 Å². The zero-order valence-electron chi connectivity index (χ0n) is 16.0. The third-order valence-corrected chi connectivity index (χ3v) is 7.13. The fourth-order valence-corrected chi connectivity index (χ4v) is 4.62. The van der Waals surface area contributed by atoms with E-state index in [0.29, 0.717) is 7.48 Å². The lowest BCUT2D eigenvalue weighted by Gasteiger charge is -2.37. The van der Waals surface area contributed by atoms with Gasteiger partial charge in [-0.05, 0) is 62.1 Å². The molecule has 0 saturated carbocycles. The highest BCUT2D eigenvalue weighted by Crippen LogP contribution is 2.39. The summed E-state index contributed by atoms with van der Waals surface area (Å²) in [5.41, 5.74) is -0.690. The summed E-state index contributed by atoms with van der Waals surface area (Å²) in [6, 6.07) is 17.0. The molecule has 0 amide bonds. The van der Waals surface area contributed by atoms with Crippen LogP contribution in [0, 0.1) is 0 Å². The Morgan fingerprint density at radius 1 is 0.963 bits per heavy atom. The first-order valence-corrected chi connectivity index (χ1v) is 10.3. The van der Waals surface area contributed by atoms with E-state index in [0.717, 1.165) is 15.9 Å².